The number of aromatic nitrogens is 2. The second kappa shape index (κ2) is 10.1. The molecule has 0 radical (unpaired) electrons. The monoisotopic (exact) mass is 540 g/mol. The van der Waals surface area contributed by atoms with Crippen LogP contribution in [0.5, 0.6) is 0 Å². The average molecular weight is 541 g/mol. The fourth-order valence-corrected chi connectivity index (χ4v) is 5.45. The maximum atomic E-state index is 12.9. The first-order valence-electron chi connectivity index (χ1n) is 13.6. The molecule has 206 valence electrons. The molecule has 0 bridgehead atoms. The SMILES string of the molecule is CC(C)(NC(=O)Nc1ccc2c(c1)CN(C1CCC(=O)NC1=O)C2O)c1ccc(-c2cnc(C3CC3)nc2)cc1. The number of anilines is 1. The molecule has 1 aliphatic carbocycles. The Morgan fingerprint density at radius 1 is 1.02 bits per heavy atom. The van der Waals surface area contributed by atoms with Crippen LogP contribution in [0.15, 0.2) is 54.9 Å². The minimum absolute atomic E-state index is 0.239. The van der Waals surface area contributed by atoms with Gasteiger partial charge in [-0.2, -0.15) is 0 Å². The quantitative estimate of drug-likeness (QED) is 0.350. The Labute approximate surface area is 232 Å². The molecule has 4 N–H and O–H groups in total. The van der Waals surface area contributed by atoms with Crippen molar-refractivity contribution < 1.29 is 19.5 Å². The number of nitrogens with zero attached hydrogens (tertiary/aromatic N) is 3. The van der Waals surface area contributed by atoms with Gasteiger partial charge in [0.1, 0.15) is 12.1 Å². The number of rotatable bonds is 6. The number of aliphatic hydroxyl groups is 1. The molecule has 1 saturated heterocycles. The summed E-state index contributed by atoms with van der Waals surface area (Å²) in [6.45, 7) is 4.21. The van der Waals surface area contributed by atoms with E-state index in [0.29, 0.717) is 30.1 Å². The van der Waals surface area contributed by atoms with Crippen LogP contribution in [0.4, 0.5) is 10.5 Å². The fraction of sp³-hybridized carbons (Fsp3) is 0.367. The number of carbonyl (C=O) groups excluding carboxylic acids is 3. The summed E-state index contributed by atoms with van der Waals surface area (Å²) >= 11 is 0. The van der Waals surface area contributed by atoms with Crippen molar-refractivity contribution in [1.82, 2.24) is 25.5 Å². The third-order valence-electron chi connectivity index (χ3n) is 7.94. The molecule has 2 unspecified atom stereocenters. The van der Waals surface area contributed by atoms with Gasteiger partial charge in [-0.3, -0.25) is 19.8 Å². The molecule has 0 spiro atoms. The molecule has 10 heteroatoms. The van der Waals surface area contributed by atoms with E-state index in [1.54, 1.807) is 17.0 Å². The number of imide groups is 1. The highest BCUT2D eigenvalue weighted by molar-refractivity contribution is 6.00. The minimum Gasteiger partial charge on any atom is -0.374 e. The predicted octanol–water partition coefficient (Wildman–Crippen LogP) is 3.69. The van der Waals surface area contributed by atoms with Gasteiger partial charge in [-0.25, -0.2) is 14.8 Å². The summed E-state index contributed by atoms with van der Waals surface area (Å²) in [6, 6.07) is 12.3. The van der Waals surface area contributed by atoms with Crippen LogP contribution in [-0.2, 0) is 21.7 Å². The molecular formula is C30H32N6O4. The van der Waals surface area contributed by atoms with Crippen molar-refractivity contribution >= 4 is 23.5 Å². The summed E-state index contributed by atoms with van der Waals surface area (Å²) in [7, 11) is 0. The highest BCUT2D eigenvalue weighted by Gasteiger charge is 2.39. The molecule has 3 heterocycles. The van der Waals surface area contributed by atoms with E-state index < -0.39 is 23.7 Å². The van der Waals surface area contributed by atoms with Crippen LogP contribution in [0, 0.1) is 0 Å². The van der Waals surface area contributed by atoms with Crippen molar-refractivity contribution in [2.24, 2.45) is 0 Å². The van der Waals surface area contributed by atoms with Crippen molar-refractivity contribution in [1.29, 1.82) is 0 Å². The summed E-state index contributed by atoms with van der Waals surface area (Å²) < 4.78 is 0. The van der Waals surface area contributed by atoms with Crippen LogP contribution in [-0.4, -0.2) is 43.9 Å². The van der Waals surface area contributed by atoms with Gasteiger partial charge >= 0.3 is 6.03 Å². The Morgan fingerprint density at radius 3 is 2.42 bits per heavy atom. The number of piperidine rings is 1. The highest BCUT2D eigenvalue weighted by Crippen LogP contribution is 2.38. The Bertz CT molecular complexity index is 1470. The molecule has 6 rings (SSSR count). The number of amides is 4. The zero-order valence-electron chi connectivity index (χ0n) is 22.5. The van der Waals surface area contributed by atoms with Gasteiger partial charge in [0.05, 0.1) is 11.6 Å². The fourth-order valence-electron chi connectivity index (χ4n) is 5.45. The summed E-state index contributed by atoms with van der Waals surface area (Å²) in [6.07, 6.45) is 5.72. The first-order valence-corrected chi connectivity index (χ1v) is 13.6. The standard InChI is InChI=1S/C30H32N6O4/c1-30(2,21-7-5-17(6-8-21)20-14-31-26(32-15-20)18-3-4-18)35-29(40)33-22-9-10-23-19(13-22)16-36(28(23)39)24-11-12-25(37)34-27(24)38/h5-10,13-15,18,24,28,39H,3-4,11-12,16H2,1-2H3,(H2,33,35,40)(H,34,37,38). The van der Waals surface area contributed by atoms with E-state index in [0.717, 1.165) is 28.1 Å². The van der Waals surface area contributed by atoms with E-state index in [9.17, 15) is 19.5 Å². The zero-order valence-corrected chi connectivity index (χ0v) is 22.5. The molecule has 1 saturated carbocycles. The number of urea groups is 1. The first-order chi connectivity index (χ1) is 19.2. The molecule has 2 atom stereocenters. The zero-order chi connectivity index (χ0) is 28.0. The van der Waals surface area contributed by atoms with Crippen LogP contribution in [0.3, 0.4) is 0 Å². The van der Waals surface area contributed by atoms with E-state index in [-0.39, 0.29) is 18.4 Å². The molecule has 1 aromatic heterocycles. The number of aliphatic hydroxyl groups excluding tert-OH is 1. The maximum Gasteiger partial charge on any atom is 0.319 e. The molecule has 2 fully saturated rings. The number of fused-ring (bicyclic) bond motifs is 1. The van der Waals surface area contributed by atoms with Gasteiger partial charge in [0.25, 0.3) is 0 Å². The van der Waals surface area contributed by atoms with E-state index in [4.69, 9.17) is 0 Å². The summed E-state index contributed by atoms with van der Waals surface area (Å²) in [5, 5.41) is 19.1. The van der Waals surface area contributed by atoms with E-state index >= 15 is 0 Å². The molecule has 3 aromatic rings. The number of hydrogen-bond acceptors (Lipinski definition) is 7. The normalized spacial score (nSPS) is 21.1. The summed E-state index contributed by atoms with van der Waals surface area (Å²) in [5.41, 5.74) is 4.34. The molecule has 2 aliphatic heterocycles. The van der Waals surface area contributed by atoms with Crippen molar-refractivity contribution in [2.75, 3.05) is 5.32 Å². The molecule has 4 amide bonds. The number of hydrogen-bond donors (Lipinski definition) is 4. The van der Waals surface area contributed by atoms with E-state index in [1.807, 2.05) is 56.6 Å². The third-order valence-corrected chi connectivity index (χ3v) is 7.94. The van der Waals surface area contributed by atoms with Gasteiger partial charge in [-0.05, 0) is 61.9 Å². The Kier molecular flexibility index (Phi) is 6.59. The van der Waals surface area contributed by atoms with Gasteiger partial charge in [-0.1, -0.05) is 30.3 Å². The van der Waals surface area contributed by atoms with Crippen molar-refractivity contribution in [3.8, 4) is 11.1 Å². The Balaban J connectivity index is 1.08. The summed E-state index contributed by atoms with van der Waals surface area (Å²) in [5.74, 6) is 0.751. The minimum atomic E-state index is -0.952. The second-order valence-corrected chi connectivity index (χ2v) is 11.3. The van der Waals surface area contributed by atoms with Gasteiger partial charge in [0.15, 0.2) is 0 Å². The average Bonchev–Trinajstić information content (AvgIpc) is 3.73. The Hall–Kier alpha value is -4.15. The van der Waals surface area contributed by atoms with Crippen molar-refractivity contribution in [2.45, 2.75) is 69.8 Å². The van der Waals surface area contributed by atoms with Crippen molar-refractivity contribution in [3.63, 3.8) is 0 Å². The van der Waals surface area contributed by atoms with Gasteiger partial charge < -0.3 is 15.7 Å². The first kappa shape index (κ1) is 26.1. The van der Waals surface area contributed by atoms with Crippen LogP contribution in [0.2, 0.25) is 0 Å². The number of carbonyl (C=O) groups is 3. The molecular weight excluding hydrogens is 508 g/mol. The smallest absolute Gasteiger partial charge is 0.319 e. The van der Waals surface area contributed by atoms with Crippen LogP contribution < -0.4 is 16.0 Å². The predicted molar refractivity (Wildman–Crippen MR) is 148 cm³/mol. The lowest BCUT2D eigenvalue weighted by molar-refractivity contribution is -0.141. The van der Waals surface area contributed by atoms with Crippen LogP contribution >= 0.6 is 0 Å². The molecule has 2 aromatic carbocycles. The number of nitrogens with one attached hydrogen (secondary N) is 3. The molecule has 10 nitrogen and oxygen atoms in total. The van der Waals surface area contributed by atoms with Gasteiger partial charge in [0.2, 0.25) is 11.8 Å². The third kappa shape index (κ3) is 5.20. The van der Waals surface area contributed by atoms with Crippen LogP contribution in [0.1, 0.15) is 74.2 Å². The number of benzene rings is 2. The lowest BCUT2D eigenvalue weighted by Gasteiger charge is -2.31. The van der Waals surface area contributed by atoms with Gasteiger partial charge in [0, 0.05) is 48.1 Å². The summed E-state index contributed by atoms with van der Waals surface area (Å²) in [4.78, 5) is 47.5. The van der Waals surface area contributed by atoms with Crippen LogP contribution in [0.25, 0.3) is 11.1 Å². The maximum absolute atomic E-state index is 12.9. The van der Waals surface area contributed by atoms with Gasteiger partial charge in [-0.15, -0.1) is 0 Å². The van der Waals surface area contributed by atoms with Crippen molar-refractivity contribution in [3.05, 3.63) is 77.4 Å². The molecule has 3 aliphatic rings. The topological polar surface area (TPSA) is 137 Å². The largest absolute Gasteiger partial charge is 0.374 e. The highest BCUT2D eigenvalue weighted by atomic mass is 16.3. The lowest BCUT2D eigenvalue weighted by atomic mass is 9.93. The molecule has 40 heavy (non-hydrogen) atoms. The second-order valence-electron chi connectivity index (χ2n) is 11.3. The Morgan fingerprint density at radius 2 is 1.75 bits per heavy atom. The van der Waals surface area contributed by atoms with E-state index in [1.165, 1.54) is 12.8 Å². The van der Waals surface area contributed by atoms with E-state index in [2.05, 4.69) is 25.9 Å². The lowest BCUT2D eigenvalue weighted by Crippen LogP contribution is -2.51.